The van der Waals surface area contributed by atoms with Crippen molar-refractivity contribution < 1.29 is 13.6 Å². The summed E-state index contributed by atoms with van der Waals surface area (Å²) in [5, 5.41) is 5.82. The third-order valence-corrected chi connectivity index (χ3v) is 3.13. The molecule has 23 heavy (non-hydrogen) atoms. The van der Waals surface area contributed by atoms with Gasteiger partial charge in [0.05, 0.1) is 12.8 Å². The summed E-state index contributed by atoms with van der Waals surface area (Å²) in [4.78, 5) is 16.1. The SMILES string of the molecule is O=C(NCc1ccco1)c1cc(Nc2ccc(F)cc2)ccn1. The predicted molar refractivity (Wildman–Crippen MR) is 83.8 cm³/mol. The Morgan fingerprint density at radius 1 is 1.13 bits per heavy atom. The Morgan fingerprint density at radius 2 is 1.96 bits per heavy atom. The van der Waals surface area contributed by atoms with Crippen molar-refractivity contribution in [3.8, 4) is 0 Å². The fourth-order valence-corrected chi connectivity index (χ4v) is 2.00. The van der Waals surface area contributed by atoms with E-state index in [4.69, 9.17) is 4.42 Å². The number of furan rings is 1. The van der Waals surface area contributed by atoms with Crippen molar-refractivity contribution in [1.29, 1.82) is 0 Å². The second-order valence-electron chi connectivity index (χ2n) is 4.82. The Labute approximate surface area is 132 Å². The molecule has 1 amide bonds. The minimum atomic E-state index is -0.303. The highest BCUT2D eigenvalue weighted by Gasteiger charge is 2.08. The van der Waals surface area contributed by atoms with Gasteiger partial charge in [-0.2, -0.15) is 0 Å². The standard InChI is InChI=1S/C17H14FN3O2/c18-12-3-5-13(6-4-12)21-14-7-8-19-16(10-14)17(22)20-11-15-2-1-9-23-15/h1-10H,11H2,(H,19,21)(H,20,22). The number of hydrogen-bond donors (Lipinski definition) is 2. The van der Waals surface area contributed by atoms with E-state index in [0.29, 0.717) is 18.0 Å². The van der Waals surface area contributed by atoms with Gasteiger partial charge in [0.1, 0.15) is 17.3 Å². The van der Waals surface area contributed by atoms with E-state index in [0.717, 1.165) is 5.69 Å². The summed E-state index contributed by atoms with van der Waals surface area (Å²) in [5.74, 6) is 0.0615. The van der Waals surface area contributed by atoms with Crippen molar-refractivity contribution in [3.63, 3.8) is 0 Å². The van der Waals surface area contributed by atoms with Crippen molar-refractivity contribution in [2.24, 2.45) is 0 Å². The van der Waals surface area contributed by atoms with Crippen LogP contribution in [-0.4, -0.2) is 10.9 Å². The summed E-state index contributed by atoms with van der Waals surface area (Å²) in [5.41, 5.74) is 1.69. The van der Waals surface area contributed by atoms with Crippen LogP contribution in [0.4, 0.5) is 15.8 Å². The van der Waals surface area contributed by atoms with Gasteiger partial charge >= 0.3 is 0 Å². The molecule has 0 fully saturated rings. The molecule has 2 N–H and O–H groups in total. The smallest absolute Gasteiger partial charge is 0.270 e. The molecule has 3 rings (SSSR count). The Bertz CT molecular complexity index is 786. The molecular formula is C17H14FN3O2. The lowest BCUT2D eigenvalue weighted by Crippen LogP contribution is -2.23. The summed E-state index contributed by atoms with van der Waals surface area (Å²) < 4.78 is 18.1. The first-order valence-corrected chi connectivity index (χ1v) is 7.00. The molecule has 2 heterocycles. The number of carbonyl (C=O) groups is 1. The zero-order valence-electron chi connectivity index (χ0n) is 12.1. The highest BCUT2D eigenvalue weighted by molar-refractivity contribution is 5.93. The third-order valence-electron chi connectivity index (χ3n) is 3.13. The van der Waals surface area contributed by atoms with Gasteiger partial charge in [-0.1, -0.05) is 0 Å². The van der Waals surface area contributed by atoms with Crippen LogP contribution in [0.1, 0.15) is 16.2 Å². The van der Waals surface area contributed by atoms with E-state index >= 15 is 0 Å². The quantitative estimate of drug-likeness (QED) is 0.757. The van der Waals surface area contributed by atoms with E-state index in [1.54, 1.807) is 42.7 Å². The van der Waals surface area contributed by atoms with Crippen LogP contribution in [-0.2, 0) is 6.54 Å². The number of nitrogens with one attached hydrogen (secondary N) is 2. The molecule has 0 aliphatic rings. The third kappa shape index (κ3) is 3.94. The van der Waals surface area contributed by atoms with Crippen LogP contribution in [0.25, 0.3) is 0 Å². The Morgan fingerprint density at radius 3 is 2.70 bits per heavy atom. The van der Waals surface area contributed by atoms with Gasteiger partial charge < -0.3 is 15.1 Å². The molecule has 0 saturated carbocycles. The molecule has 2 aromatic heterocycles. The van der Waals surface area contributed by atoms with Crippen LogP contribution >= 0.6 is 0 Å². The van der Waals surface area contributed by atoms with Gasteiger partial charge in [-0.05, 0) is 48.5 Å². The maximum atomic E-state index is 12.9. The van der Waals surface area contributed by atoms with Gasteiger partial charge in [-0.15, -0.1) is 0 Å². The van der Waals surface area contributed by atoms with E-state index in [2.05, 4.69) is 15.6 Å². The number of hydrogen-bond acceptors (Lipinski definition) is 4. The van der Waals surface area contributed by atoms with Crippen LogP contribution < -0.4 is 10.6 Å². The topological polar surface area (TPSA) is 67.2 Å². The van der Waals surface area contributed by atoms with E-state index in [-0.39, 0.29) is 17.4 Å². The lowest BCUT2D eigenvalue weighted by atomic mass is 10.2. The molecule has 0 radical (unpaired) electrons. The van der Waals surface area contributed by atoms with Crippen molar-refractivity contribution >= 4 is 17.3 Å². The molecule has 0 atom stereocenters. The number of nitrogens with zero attached hydrogens (tertiary/aromatic N) is 1. The summed E-state index contributed by atoms with van der Waals surface area (Å²) in [6, 6.07) is 12.8. The average Bonchev–Trinajstić information content (AvgIpc) is 3.08. The molecule has 0 saturated heterocycles. The molecule has 0 aliphatic carbocycles. The Kier molecular flexibility index (Phi) is 4.33. The predicted octanol–water partition coefficient (Wildman–Crippen LogP) is 3.49. The maximum absolute atomic E-state index is 12.9. The molecule has 5 nitrogen and oxygen atoms in total. The number of aromatic nitrogens is 1. The molecule has 0 spiro atoms. The zero-order valence-corrected chi connectivity index (χ0v) is 12.1. The molecule has 3 aromatic rings. The highest BCUT2D eigenvalue weighted by atomic mass is 19.1. The van der Waals surface area contributed by atoms with Crippen LogP contribution in [0, 0.1) is 5.82 Å². The van der Waals surface area contributed by atoms with Crippen molar-refractivity contribution in [3.05, 3.63) is 78.3 Å². The number of pyridine rings is 1. The molecule has 116 valence electrons. The summed E-state index contributed by atoms with van der Waals surface area (Å²) in [6.45, 7) is 0.295. The number of anilines is 2. The molecule has 0 bridgehead atoms. The summed E-state index contributed by atoms with van der Waals surface area (Å²) >= 11 is 0. The largest absolute Gasteiger partial charge is 0.467 e. The minimum absolute atomic E-state index is 0.281. The van der Waals surface area contributed by atoms with Gasteiger partial charge in [0, 0.05) is 17.6 Å². The van der Waals surface area contributed by atoms with Crippen molar-refractivity contribution in [2.75, 3.05) is 5.32 Å². The number of halogens is 1. The van der Waals surface area contributed by atoms with Crippen LogP contribution in [0.5, 0.6) is 0 Å². The second kappa shape index (κ2) is 6.74. The van der Waals surface area contributed by atoms with E-state index in [1.165, 1.54) is 18.3 Å². The van der Waals surface area contributed by atoms with Gasteiger partial charge in [0.25, 0.3) is 5.91 Å². The van der Waals surface area contributed by atoms with E-state index in [9.17, 15) is 9.18 Å². The molecule has 0 unspecified atom stereocenters. The first-order valence-electron chi connectivity index (χ1n) is 7.00. The van der Waals surface area contributed by atoms with Gasteiger partial charge in [0.2, 0.25) is 0 Å². The lowest BCUT2D eigenvalue weighted by Gasteiger charge is -2.08. The normalized spacial score (nSPS) is 10.3. The van der Waals surface area contributed by atoms with Crippen molar-refractivity contribution in [1.82, 2.24) is 10.3 Å². The average molecular weight is 311 g/mol. The first-order chi connectivity index (χ1) is 11.2. The molecule has 6 heteroatoms. The lowest BCUT2D eigenvalue weighted by molar-refractivity contribution is 0.0943. The Hall–Kier alpha value is -3.15. The van der Waals surface area contributed by atoms with Crippen molar-refractivity contribution in [2.45, 2.75) is 6.54 Å². The summed E-state index contributed by atoms with van der Waals surface area (Å²) in [7, 11) is 0. The monoisotopic (exact) mass is 311 g/mol. The van der Waals surface area contributed by atoms with Gasteiger partial charge in [-0.25, -0.2) is 4.39 Å². The molecule has 0 aliphatic heterocycles. The highest BCUT2D eigenvalue weighted by Crippen LogP contribution is 2.17. The Balaban J connectivity index is 1.66. The van der Waals surface area contributed by atoms with Crippen LogP contribution in [0.3, 0.4) is 0 Å². The zero-order chi connectivity index (χ0) is 16.1. The fraction of sp³-hybridized carbons (Fsp3) is 0.0588. The molecular weight excluding hydrogens is 297 g/mol. The molecule has 1 aromatic carbocycles. The summed E-state index contributed by atoms with van der Waals surface area (Å²) in [6.07, 6.45) is 3.08. The van der Waals surface area contributed by atoms with E-state index < -0.39 is 0 Å². The number of benzene rings is 1. The second-order valence-corrected chi connectivity index (χ2v) is 4.82. The first kappa shape index (κ1) is 14.8. The minimum Gasteiger partial charge on any atom is -0.467 e. The van der Waals surface area contributed by atoms with E-state index in [1.807, 2.05) is 0 Å². The number of amides is 1. The van der Waals surface area contributed by atoms with Crippen LogP contribution in [0.15, 0.2) is 65.4 Å². The van der Waals surface area contributed by atoms with Gasteiger partial charge in [0.15, 0.2) is 0 Å². The van der Waals surface area contributed by atoms with Gasteiger partial charge in [-0.3, -0.25) is 9.78 Å². The van der Waals surface area contributed by atoms with Crippen LogP contribution in [0.2, 0.25) is 0 Å². The fourth-order valence-electron chi connectivity index (χ4n) is 2.00. The maximum Gasteiger partial charge on any atom is 0.270 e. The number of carbonyl (C=O) groups excluding carboxylic acids is 1. The number of rotatable bonds is 5.